The fraction of sp³-hybridized carbons (Fsp3) is 0.455. The van der Waals surface area contributed by atoms with Crippen LogP contribution in [0.15, 0.2) is 60.7 Å². The summed E-state index contributed by atoms with van der Waals surface area (Å²) in [6, 6.07) is 23.3. The van der Waals surface area contributed by atoms with Crippen molar-refractivity contribution >= 4 is 0 Å². The van der Waals surface area contributed by atoms with Gasteiger partial charge in [-0.3, -0.25) is 0 Å². The van der Waals surface area contributed by atoms with Gasteiger partial charge in [0.2, 0.25) is 0 Å². The molecule has 1 aliphatic rings. The van der Waals surface area contributed by atoms with Crippen molar-refractivity contribution in [1.82, 2.24) is 0 Å². The third-order valence-electron chi connectivity index (χ3n) is 7.02. The van der Waals surface area contributed by atoms with Crippen LogP contribution in [-0.4, -0.2) is 0 Å². The Morgan fingerprint density at radius 1 is 0.576 bits per heavy atom. The molecule has 0 heteroatoms. The molecule has 33 heavy (non-hydrogen) atoms. The SMILES string of the molecule is CC.CC.CCCCC1(CCCC)c2ccccc2-c2ccc(-c3ccc(C)c(C)c3)cc21. The molecule has 0 atom stereocenters. The van der Waals surface area contributed by atoms with Crippen molar-refractivity contribution in [2.45, 2.75) is 99.3 Å². The lowest BCUT2D eigenvalue weighted by Crippen LogP contribution is -2.25. The van der Waals surface area contributed by atoms with Crippen molar-refractivity contribution in [3.05, 3.63) is 82.9 Å². The topological polar surface area (TPSA) is 0 Å². The lowest BCUT2D eigenvalue weighted by atomic mass is 9.70. The van der Waals surface area contributed by atoms with E-state index in [1.165, 1.54) is 71.9 Å². The molecule has 0 bridgehead atoms. The Bertz CT molecular complexity index is 1000. The van der Waals surface area contributed by atoms with Gasteiger partial charge in [-0.15, -0.1) is 0 Å². The van der Waals surface area contributed by atoms with E-state index in [-0.39, 0.29) is 5.41 Å². The van der Waals surface area contributed by atoms with E-state index < -0.39 is 0 Å². The number of rotatable bonds is 7. The summed E-state index contributed by atoms with van der Waals surface area (Å²) in [5.74, 6) is 0. The Kier molecular flexibility index (Phi) is 10.4. The number of benzene rings is 3. The monoisotopic (exact) mass is 442 g/mol. The molecule has 0 aromatic heterocycles. The molecule has 0 amide bonds. The zero-order chi connectivity index (χ0) is 24.4. The summed E-state index contributed by atoms with van der Waals surface area (Å²) in [5.41, 5.74) is 11.7. The predicted octanol–water partition coefficient (Wildman–Crippen LogP) is 10.7. The first-order valence-corrected chi connectivity index (χ1v) is 13.4. The van der Waals surface area contributed by atoms with Gasteiger partial charge in [-0.05, 0) is 77.3 Å². The smallest absolute Gasteiger partial charge is 0.0215 e. The maximum atomic E-state index is 2.52. The van der Waals surface area contributed by atoms with E-state index in [0.29, 0.717) is 0 Å². The number of hydrogen-bond donors (Lipinski definition) is 0. The molecular formula is C33H46. The molecule has 0 spiro atoms. The lowest BCUT2D eigenvalue weighted by molar-refractivity contribution is 0.414. The van der Waals surface area contributed by atoms with Gasteiger partial charge in [-0.2, -0.15) is 0 Å². The van der Waals surface area contributed by atoms with E-state index in [1.807, 2.05) is 27.7 Å². The van der Waals surface area contributed by atoms with Gasteiger partial charge in [-0.25, -0.2) is 0 Å². The van der Waals surface area contributed by atoms with E-state index in [2.05, 4.69) is 88.4 Å². The Morgan fingerprint density at radius 3 is 1.73 bits per heavy atom. The number of unbranched alkanes of at least 4 members (excludes halogenated alkanes) is 2. The van der Waals surface area contributed by atoms with Gasteiger partial charge >= 0.3 is 0 Å². The van der Waals surface area contributed by atoms with Gasteiger partial charge in [0.1, 0.15) is 0 Å². The third kappa shape index (κ3) is 5.43. The van der Waals surface area contributed by atoms with Crippen molar-refractivity contribution in [3.8, 4) is 22.3 Å². The van der Waals surface area contributed by atoms with Crippen LogP contribution in [-0.2, 0) is 5.41 Å². The first-order chi connectivity index (χ1) is 16.1. The molecule has 0 nitrogen and oxygen atoms in total. The summed E-state index contributed by atoms with van der Waals surface area (Å²) in [6.07, 6.45) is 7.58. The van der Waals surface area contributed by atoms with Crippen molar-refractivity contribution in [2.75, 3.05) is 0 Å². The molecule has 0 heterocycles. The minimum Gasteiger partial charge on any atom is -0.0683 e. The average Bonchev–Trinajstić information content (AvgIpc) is 3.15. The Morgan fingerprint density at radius 2 is 1.12 bits per heavy atom. The fourth-order valence-corrected chi connectivity index (χ4v) is 5.18. The van der Waals surface area contributed by atoms with Crippen LogP contribution in [0.4, 0.5) is 0 Å². The Labute approximate surface area is 204 Å². The molecule has 0 saturated carbocycles. The van der Waals surface area contributed by atoms with Crippen molar-refractivity contribution in [1.29, 1.82) is 0 Å². The quantitative estimate of drug-likeness (QED) is 0.341. The molecular weight excluding hydrogens is 396 g/mol. The molecule has 3 aromatic carbocycles. The number of fused-ring (bicyclic) bond motifs is 3. The average molecular weight is 443 g/mol. The van der Waals surface area contributed by atoms with Gasteiger partial charge in [0.05, 0.1) is 0 Å². The van der Waals surface area contributed by atoms with E-state index >= 15 is 0 Å². The molecule has 1 aliphatic carbocycles. The summed E-state index contributed by atoms with van der Waals surface area (Å²) < 4.78 is 0. The summed E-state index contributed by atoms with van der Waals surface area (Å²) in [5, 5.41) is 0. The largest absolute Gasteiger partial charge is 0.0683 e. The first-order valence-electron chi connectivity index (χ1n) is 13.4. The fourth-order valence-electron chi connectivity index (χ4n) is 5.18. The van der Waals surface area contributed by atoms with Crippen LogP contribution in [0.2, 0.25) is 0 Å². The van der Waals surface area contributed by atoms with Crippen LogP contribution < -0.4 is 0 Å². The zero-order valence-corrected chi connectivity index (χ0v) is 22.5. The van der Waals surface area contributed by atoms with Gasteiger partial charge in [-0.1, -0.05) is 122 Å². The van der Waals surface area contributed by atoms with Gasteiger partial charge in [0.25, 0.3) is 0 Å². The van der Waals surface area contributed by atoms with Crippen LogP contribution in [0.1, 0.15) is 102 Å². The molecule has 0 saturated heterocycles. The highest BCUT2D eigenvalue weighted by Gasteiger charge is 2.41. The van der Waals surface area contributed by atoms with Crippen molar-refractivity contribution in [2.24, 2.45) is 0 Å². The molecule has 3 aromatic rings. The minimum absolute atomic E-state index is 0.174. The van der Waals surface area contributed by atoms with E-state index in [0.717, 1.165) is 0 Å². The normalized spacial score (nSPS) is 12.6. The van der Waals surface area contributed by atoms with Crippen LogP contribution in [0.5, 0.6) is 0 Å². The highest BCUT2D eigenvalue weighted by Crippen LogP contribution is 2.54. The summed E-state index contributed by atoms with van der Waals surface area (Å²) in [7, 11) is 0. The van der Waals surface area contributed by atoms with Gasteiger partial charge in [0, 0.05) is 5.41 Å². The zero-order valence-electron chi connectivity index (χ0n) is 22.5. The molecule has 0 fully saturated rings. The Hall–Kier alpha value is -2.34. The third-order valence-corrected chi connectivity index (χ3v) is 7.02. The first kappa shape index (κ1) is 26.9. The molecule has 0 aliphatic heterocycles. The standard InChI is InChI=1S/C29H34.2C2H6/c1-5-7-17-29(18-8-6-2)27-12-10-9-11-25(27)26-16-15-24(20-28(26)29)23-14-13-21(3)22(4)19-23;2*1-2/h9-16,19-20H,5-8,17-18H2,1-4H3;2*1-2H3. The molecule has 178 valence electrons. The van der Waals surface area contributed by atoms with Gasteiger partial charge < -0.3 is 0 Å². The molecule has 4 rings (SSSR count). The highest BCUT2D eigenvalue weighted by molar-refractivity contribution is 5.84. The highest BCUT2D eigenvalue weighted by atomic mass is 14.4. The van der Waals surface area contributed by atoms with Crippen LogP contribution >= 0.6 is 0 Å². The van der Waals surface area contributed by atoms with E-state index in [4.69, 9.17) is 0 Å². The van der Waals surface area contributed by atoms with Crippen molar-refractivity contribution in [3.63, 3.8) is 0 Å². The van der Waals surface area contributed by atoms with E-state index in [9.17, 15) is 0 Å². The summed E-state index contributed by atoms with van der Waals surface area (Å²) in [4.78, 5) is 0. The molecule has 0 radical (unpaired) electrons. The molecule has 0 N–H and O–H groups in total. The lowest BCUT2D eigenvalue weighted by Gasteiger charge is -2.33. The van der Waals surface area contributed by atoms with Crippen LogP contribution in [0, 0.1) is 13.8 Å². The second-order valence-electron chi connectivity index (χ2n) is 8.89. The maximum Gasteiger partial charge on any atom is 0.0215 e. The number of hydrogen-bond acceptors (Lipinski definition) is 0. The number of aryl methyl sites for hydroxylation is 2. The van der Waals surface area contributed by atoms with Crippen LogP contribution in [0.25, 0.3) is 22.3 Å². The summed E-state index contributed by atoms with van der Waals surface area (Å²) in [6.45, 7) is 17.1. The van der Waals surface area contributed by atoms with E-state index in [1.54, 1.807) is 11.1 Å². The maximum absolute atomic E-state index is 2.52. The second-order valence-corrected chi connectivity index (χ2v) is 8.89. The second kappa shape index (κ2) is 12.8. The summed E-state index contributed by atoms with van der Waals surface area (Å²) >= 11 is 0. The molecule has 0 unspecified atom stereocenters. The van der Waals surface area contributed by atoms with Crippen molar-refractivity contribution < 1.29 is 0 Å². The minimum atomic E-state index is 0.174. The van der Waals surface area contributed by atoms with Crippen LogP contribution in [0.3, 0.4) is 0 Å². The Balaban J connectivity index is 0.000000914. The predicted molar refractivity (Wildman–Crippen MR) is 149 cm³/mol. The van der Waals surface area contributed by atoms with Gasteiger partial charge in [0.15, 0.2) is 0 Å².